The number of carboxylic acid groups (broad SMARTS) is 1. The molecule has 0 rings (SSSR count). The standard InChI is InChI=1S/C10H20N2O3S/c1-8(7-16-3)11-10(15)12(2)6-4-5-9(13)14/h8H,4-7H2,1-3H3,(H,11,15)(H,13,14). The summed E-state index contributed by atoms with van der Waals surface area (Å²) in [7, 11) is 1.67. The van der Waals surface area contributed by atoms with E-state index in [0.29, 0.717) is 13.0 Å². The van der Waals surface area contributed by atoms with Crippen LogP contribution >= 0.6 is 11.8 Å². The topological polar surface area (TPSA) is 69.6 Å². The van der Waals surface area contributed by atoms with Crippen LogP contribution in [-0.2, 0) is 4.79 Å². The Morgan fingerprint density at radius 2 is 2.12 bits per heavy atom. The van der Waals surface area contributed by atoms with Gasteiger partial charge in [0.05, 0.1) is 0 Å². The summed E-state index contributed by atoms with van der Waals surface area (Å²) in [5, 5.41) is 11.3. The number of hydrogen-bond donors (Lipinski definition) is 2. The molecule has 0 aromatic heterocycles. The first kappa shape index (κ1) is 15.1. The molecule has 0 heterocycles. The molecular formula is C10H20N2O3S. The van der Waals surface area contributed by atoms with Crippen molar-refractivity contribution in [3.8, 4) is 0 Å². The Balaban J connectivity index is 3.76. The molecule has 0 spiro atoms. The van der Waals surface area contributed by atoms with Crippen LogP contribution < -0.4 is 5.32 Å². The fourth-order valence-corrected chi connectivity index (χ4v) is 1.76. The van der Waals surface area contributed by atoms with Gasteiger partial charge in [0.15, 0.2) is 0 Å². The number of carboxylic acids is 1. The molecule has 0 aromatic rings. The van der Waals surface area contributed by atoms with Crippen molar-refractivity contribution in [2.75, 3.05) is 25.6 Å². The van der Waals surface area contributed by atoms with E-state index in [4.69, 9.17) is 5.11 Å². The van der Waals surface area contributed by atoms with Crippen LogP contribution in [0.5, 0.6) is 0 Å². The van der Waals surface area contributed by atoms with E-state index in [-0.39, 0.29) is 18.5 Å². The molecule has 94 valence electrons. The number of carbonyl (C=O) groups excluding carboxylic acids is 1. The highest BCUT2D eigenvalue weighted by Crippen LogP contribution is 1.98. The lowest BCUT2D eigenvalue weighted by atomic mass is 10.3. The number of carbonyl (C=O) groups is 2. The largest absolute Gasteiger partial charge is 0.481 e. The molecule has 0 aliphatic rings. The summed E-state index contributed by atoms with van der Waals surface area (Å²) in [6, 6.07) is -0.0173. The molecule has 16 heavy (non-hydrogen) atoms. The minimum absolute atomic E-state index is 0.0952. The summed E-state index contributed by atoms with van der Waals surface area (Å²) in [4.78, 5) is 23.4. The van der Waals surface area contributed by atoms with Gasteiger partial charge in [-0.3, -0.25) is 4.79 Å². The van der Waals surface area contributed by atoms with Gasteiger partial charge >= 0.3 is 12.0 Å². The van der Waals surface area contributed by atoms with Gasteiger partial charge in [-0.15, -0.1) is 0 Å². The molecule has 1 atom stereocenters. The fourth-order valence-electron chi connectivity index (χ4n) is 1.18. The number of urea groups is 1. The average Bonchev–Trinajstić information content (AvgIpc) is 2.17. The first-order valence-electron chi connectivity index (χ1n) is 5.19. The highest BCUT2D eigenvalue weighted by molar-refractivity contribution is 7.98. The second-order valence-corrected chi connectivity index (χ2v) is 4.64. The van der Waals surface area contributed by atoms with Crippen LogP contribution in [0.4, 0.5) is 4.79 Å². The van der Waals surface area contributed by atoms with Crippen molar-refractivity contribution in [1.29, 1.82) is 0 Å². The Kier molecular flexibility index (Phi) is 7.80. The molecule has 6 heteroatoms. The molecule has 0 radical (unpaired) electrons. The van der Waals surface area contributed by atoms with Crippen molar-refractivity contribution in [2.24, 2.45) is 0 Å². The zero-order valence-electron chi connectivity index (χ0n) is 10.0. The molecule has 0 saturated heterocycles. The predicted molar refractivity (Wildman–Crippen MR) is 65.9 cm³/mol. The highest BCUT2D eigenvalue weighted by Gasteiger charge is 2.11. The Morgan fingerprint density at radius 3 is 2.62 bits per heavy atom. The van der Waals surface area contributed by atoms with Gasteiger partial charge in [-0.1, -0.05) is 0 Å². The van der Waals surface area contributed by atoms with Crippen LogP contribution in [0.2, 0.25) is 0 Å². The minimum atomic E-state index is -0.829. The van der Waals surface area contributed by atoms with E-state index in [1.165, 1.54) is 4.90 Å². The number of nitrogens with zero attached hydrogens (tertiary/aromatic N) is 1. The molecule has 5 nitrogen and oxygen atoms in total. The van der Waals surface area contributed by atoms with Crippen LogP contribution in [0.3, 0.4) is 0 Å². The van der Waals surface area contributed by atoms with Crippen molar-refractivity contribution in [3.05, 3.63) is 0 Å². The molecular weight excluding hydrogens is 228 g/mol. The van der Waals surface area contributed by atoms with Crippen LogP contribution in [0.15, 0.2) is 0 Å². The number of amides is 2. The quantitative estimate of drug-likeness (QED) is 0.711. The Hall–Kier alpha value is -0.910. The third-order valence-corrected chi connectivity index (χ3v) is 2.85. The number of thioether (sulfide) groups is 1. The molecule has 0 saturated carbocycles. The zero-order chi connectivity index (χ0) is 12.6. The second-order valence-electron chi connectivity index (χ2n) is 3.72. The van der Waals surface area contributed by atoms with Crippen molar-refractivity contribution in [3.63, 3.8) is 0 Å². The zero-order valence-corrected chi connectivity index (χ0v) is 10.8. The van der Waals surface area contributed by atoms with Gasteiger partial charge in [0, 0.05) is 31.8 Å². The smallest absolute Gasteiger partial charge is 0.317 e. The summed E-state index contributed by atoms with van der Waals surface area (Å²) >= 11 is 1.67. The SMILES string of the molecule is CSCC(C)NC(=O)N(C)CCCC(=O)O. The van der Waals surface area contributed by atoms with Gasteiger partial charge in [0.25, 0.3) is 0 Å². The third-order valence-electron chi connectivity index (χ3n) is 2.02. The molecule has 0 aromatic carbocycles. The minimum Gasteiger partial charge on any atom is -0.481 e. The molecule has 0 aliphatic heterocycles. The van der Waals surface area contributed by atoms with Crippen molar-refractivity contribution < 1.29 is 14.7 Å². The normalized spacial score (nSPS) is 11.9. The van der Waals surface area contributed by atoms with E-state index in [0.717, 1.165) is 5.75 Å². The molecule has 2 N–H and O–H groups in total. The van der Waals surface area contributed by atoms with Crippen molar-refractivity contribution in [2.45, 2.75) is 25.8 Å². The Bertz CT molecular complexity index is 236. The van der Waals surface area contributed by atoms with Gasteiger partial charge in [-0.25, -0.2) is 4.79 Å². The molecule has 0 fully saturated rings. The summed E-state index contributed by atoms with van der Waals surface area (Å²) in [5.41, 5.74) is 0. The van der Waals surface area contributed by atoms with Gasteiger partial charge in [-0.2, -0.15) is 11.8 Å². The number of aliphatic carboxylic acids is 1. The first-order valence-corrected chi connectivity index (χ1v) is 6.59. The summed E-state index contributed by atoms with van der Waals surface area (Å²) < 4.78 is 0. The van der Waals surface area contributed by atoms with Crippen LogP contribution in [0.1, 0.15) is 19.8 Å². The summed E-state index contributed by atoms with van der Waals surface area (Å²) in [5.74, 6) is 0.0406. The Morgan fingerprint density at radius 1 is 1.50 bits per heavy atom. The maximum Gasteiger partial charge on any atom is 0.317 e. The van der Waals surface area contributed by atoms with E-state index in [9.17, 15) is 9.59 Å². The maximum absolute atomic E-state index is 11.6. The van der Waals surface area contributed by atoms with Crippen LogP contribution in [-0.4, -0.2) is 53.6 Å². The molecule has 0 aliphatic carbocycles. The van der Waals surface area contributed by atoms with E-state index >= 15 is 0 Å². The monoisotopic (exact) mass is 248 g/mol. The lowest BCUT2D eigenvalue weighted by molar-refractivity contribution is -0.137. The number of rotatable bonds is 7. The van der Waals surface area contributed by atoms with Crippen LogP contribution in [0.25, 0.3) is 0 Å². The first-order chi connectivity index (χ1) is 7.47. The van der Waals surface area contributed by atoms with Gasteiger partial charge in [-0.05, 0) is 19.6 Å². The second kappa shape index (κ2) is 8.27. The van der Waals surface area contributed by atoms with Gasteiger partial charge in [0.2, 0.25) is 0 Å². The van der Waals surface area contributed by atoms with E-state index in [1.807, 2.05) is 13.2 Å². The third kappa shape index (κ3) is 7.39. The lowest BCUT2D eigenvalue weighted by Gasteiger charge is -2.20. The van der Waals surface area contributed by atoms with Gasteiger partial charge < -0.3 is 15.3 Å². The molecule has 0 bridgehead atoms. The number of hydrogen-bond acceptors (Lipinski definition) is 3. The van der Waals surface area contributed by atoms with Crippen molar-refractivity contribution >= 4 is 23.8 Å². The summed E-state index contributed by atoms with van der Waals surface area (Å²) in [6.45, 7) is 2.41. The lowest BCUT2D eigenvalue weighted by Crippen LogP contribution is -2.43. The predicted octanol–water partition coefficient (Wildman–Crippen LogP) is 1.24. The molecule has 2 amide bonds. The molecule has 1 unspecified atom stereocenters. The Labute approximate surface area is 101 Å². The van der Waals surface area contributed by atoms with Crippen LogP contribution in [0, 0.1) is 0 Å². The van der Waals surface area contributed by atoms with E-state index in [1.54, 1.807) is 18.8 Å². The fraction of sp³-hybridized carbons (Fsp3) is 0.800. The maximum atomic E-state index is 11.6. The highest BCUT2D eigenvalue weighted by atomic mass is 32.2. The summed E-state index contributed by atoms with van der Waals surface area (Å²) in [6.07, 6.45) is 2.56. The van der Waals surface area contributed by atoms with Crippen molar-refractivity contribution in [1.82, 2.24) is 10.2 Å². The van der Waals surface area contributed by atoms with E-state index in [2.05, 4.69) is 5.32 Å². The average molecular weight is 248 g/mol. The van der Waals surface area contributed by atoms with Gasteiger partial charge in [0.1, 0.15) is 0 Å². The number of nitrogens with one attached hydrogen (secondary N) is 1. The van der Waals surface area contributed by atoms with E-state index < -0.39 is 5.97 Å².